The normalized spacial score (nSPS) is 19.1. The van der Waals surface area contributed by atoms with Crippen LogP contribution in [0, 0.1) is 0 Å². The lowest BCUT2D eigenvalue weighted by molar-refractivity contribution is 0.0988. The second-order valence-corrected chi connectivity index (χ2v) is 5.78. The number of hydrogen-bond acceptors (Lipinski definition) is 2. The van der Waals surface area contributed by atoms with E-state index in [-0.39, 0.29) is 18.3 Å². The molecule has 1 unspecified atom stereocenters. The van der Waals surface area contributed by atoms with Gasteiger partial charge in [0.1, 0.15) is 0 Å². The molecule has 0 spiro atoms. The summed E-state index contributed by atoms with van der Waals surface area (Å²) in [5.74, 6) is 0.531. The Bertz CT molecular complexity index is 687. The number of nitrogens with one attached hydrogen (secondary N) is 1. The number of rotatable bonds is 1. The van der Waals surface area contributed by atoms with E-state index in [9.17, 15) is 4.79 Å². The monoisotopic (exact) mass is 314 g/mol. The largest absolute Gasteiger partial charge is 0.316 e. The van der Waals surface area contributed by atoms with Gasteiger partial charge in [-0.15, -0.1) is 12.4 Å². The lowest BCUT2D eigenvalue weighted by Gasteiger charge is -2.18. The fraction of sp³-hybridized carbons (Fsp3) is 0.278. The van der Waals surface area contributed by atoms with E-state index in [1.54, 1.807) is 0 Å². The number of amides is 1. The fourth-order valence-electron chi connectivity index (χ4n) is 3.53. The highest BCUT2D eigenvalue weighted by molar-refractivity contribution is 6.07. The Morgan fingerprint density at radius 2 is 1.91 bits per heavy atom. The summed E-state index contributed by atoms with van der Waals surface area (Å²) in [6, 6.07) is 15.9. The highest BCUT2D eigenvalue weighted by atomic mass is 35.5. The zero-order valence-corrected chi connectivity index (χ0v) is 13.1. The zero-order chi connectivity index (χ0) is 14.2. The molecule has 2 heterocycles. The molecule has 0 aliphatic carbocycles. The van der Waals surface area contributed by atoms with Gasteiger partial charge in [-0.3, -0.25) is 4.79 Å². The molecule has 2 aliphatic heterocycles. The second kappa shape index (κ2) is 6.11. The average molecular weight is 315 g/mol. The van der Waals surface area contributed by atoms with Crippen LogP contribution in [0.3, 0.4) is 0 Å². The average Bonchev–Trinajstić information content (AvgIpc) is 2.78. The molecule has 2 aliphatic rings. The third kappa shape index (κ3) is 2.40. The van der Waals surface area contributed by atoms with E-state index in [2.05, 4.69) is 23.5 Å². The molecule has 4 heteroatoms. The van der Waals surface area contributed by atoms with Crippen molar-refractivity contribution in [2.45, 2.75) is 12.3 Å². The summed E-state index contributed by atoms with van der Waals surface area (Å²) in [6.45, 7) is 2.77. The molecule has 0 saturated carbocycles. The SMILES string of the molecule is Cl.O=C(c1ccccc1)N1CC2CNCCc3cccc1c32. The van der Waals surface area contributed by atoms with Gasteiger partial charge in [0.05, 0.1) is 0 Å². The van der Waals surface area contributed by atoms with Crippen molar-refractivity contribution in [3.63, 3.8) is 0 Å². The van der Waals surface area contributed by atoms with Crippen LogP contribution in [-0.2, 0) is 6.42 Å². The summed E-state index contributed by atoms with van der Waals surface area (Å²) in [6.07, 6.45) is 1.05. The first kappa shape index (κ1) is 15.1. The molecule has 1 atom stereocenters. The number of carbonyl (C=O) groups excluding carboxylic acids is 1. The summed E-state index contributed by atoms with van der Waals surface area (Å²) < 4.78 is 0. The maximum Gasteiger partial charge on any atom is 0.258 e. The quantitative estimate of drug-likeness (QED) is 0.877. The van der Waals surface area contributed by atoms with Gasteiger partial charge in [0.15, 0.2) is 0 Å². The minimum absolute atomic E-state index is 0. The minimum atomic E-state index is 0. The number of halogens is 1. The zero-order valence-electron chi connectivity index (χ0n) is 12.3. The molecular formula is C18H19ClN2O. The molecule has 3 nitrogen and oxygen atoms in total. The van der Waals surface area contributed by atoms with Crippen molar-refractivity contribution in [3.05, 3.63) is 65.2 Å². The molecule has 2 aromatic carbocycles. The molecule has 114 valence electrons. The van der Waals surface area contributed by atoms with Gasteiger partial charge in [-0.25, -0.2) is 0 Å². The van der Waals surface area contributed by atoms with Crippen LogP contribution in [-0.4, -0.2) is 25.5 Å². The number of hydrogen-bond donors (Lipinski definition) is 1. The molecule has 1 amide bonds. The van der Waals surface area contributed by atoms with E-state index in [1.165, 1.54) is 11.1 Å². The first-order valence-electron chi connectivity index (χ1n) is 7.54. The molecule has 0 bridgehead atoms. The van der Waals surface area contributed by atoms with Crippen LogP contribution in [0.4, 0.5) is 5.69 Å². The highest BCUT2D eigenvalue weighted by Gasteiger charge is 2.35. The molecule has 0 aromatic heterocycles. The Kier molecular flexibility index (Phi) is 4.19. The van der Waals surface area contributed by atoms with Gasteiger partial charge in [-0.05, 0) is 42.3 Å². The maximum absolute atomic E-state index is 12.8. The number of carbonyl (C=O) groups is 1. The Morgan fingerprint density at radius 1 is 1.09 bits per heavy atom. The smallest absolute Gasteiger partial charge is 0.258 e. The predicted molar refractivity (Wildman–Crippen MR) is 91.1 cm³/mol. The lowest BCUT2D eigenvalue weighted by Crippen LogP contribution is -2.32. The molecule has 4 rings (SSSR count). The van der Waals surface area contributed by atoms with Gasteiger partial charge in [-0.2, -0.15) is 0 Å². The molecule has 0 saturated heterocycles. The van der Waals surface area contributed by atoms with Crippen LogP contribution < -0.4 is 10.2 Å². The van der Waals surface area contributed by atoms with Crippen molar-refractivity contribution in [2.75, 3.05) is 24.5 Å². The molecular weight excluding hydrogens is 296 g/mol. The number of nitrogens with zero attached hydrogens (tertiary/aromatic N) is 1. The van der Waals surface area contributed by atoms with Gasteiger partial charge in [0.25, 0.3) is 5.91 Å². The fourth-order valence-corrected chi connectivity index (χ4v) is 3.53. The summed E-state index contributed by atoms with van der Waals surface area (Å²) in [5, 5.41) is 3.49. The first-order valence-corrected chi connectivity index (χ1v) is 7.54. The minimum Gasteiger partial charge on any atom is -0.316 e. The summed E-state index contributed by atoms with van der Waals surface area (Å²) in [7, 11) is 0. The Balaban J connectivity index is 0.00000144. The van der Waals surface area contributed by atoms with Crippen LogP contribution in [0.5, 0.6) is 0 Å². The Labute approximate surface area is 136 Å². The lowest BCUT2D eigenvalue weighted by atomic mass is 9.96. The third-order valence-corrected chi connectivity index (χ3v) is 4.50. The van der Waals surface area contributed by atoms with Crippen molar-refractivity contribution in [3.8, 4) is 0 Å². The second-order valence-electron chi connectivity index (χ2n) is 5.78. The molecule has 0 fully saturated rings. The van der Waals surface area contributed by atoms with Gasteiger partial charge < -0.3 is 10.2 Å². The van der Waals surface area contributed by atoms with Crippen molar-refractivity contribution in [1.29, 1.82) is 0 Å². The van der Waals surface area contributed by atoms with E-state index in [0.717, 1.165) is 37.3 Å². The van der Waals surface area contributed by atoms with E-state index in [4.69, 9.17) is 0 Å². The molecule has 2 aromatic rings. The summed E-state index contributed by atoms with van der Waals surface area (Å²) >= 11 is 0. The topological polar surface area (TPSA) is 32.3 Å². The standard InChI is InChI=1S/C18H18N2O.ClH/c21-18(14-5-2-1-3-6-14)20-12-15-11-19-10-9-13-7-4-8-16(20)17(13)15;/h1-8,15,19H,9-12H2;1H. The van der Waals surface area contributed by atoms with E-state index >= 15 is 0 Å². The number of benzene rings is 2. The van der Waals surface area contributed by atoms with Crippen LogP contribution in [0.1, 0.15) is 27.4 Å². The first-order chi connectivity index (χ1) is 10.3. The van der Waals surface area contributed by atoms with Crippen molar-refractivity contribution >= 4 is 24.0 Å². The molecule has 0 radical (unpaired) electrons. The van der Waals surface area contributed by atoms with Crippen molar-refractivity contribution in [1.82, 2.24) is 5.32 Å². The van der Waals surface area contributed by atoms with Gasteiger partial charge >= 0.3 is 0 Å². The van der Waals surface area contributed by atoms with Gasteiger partial charge in [0, 0.05) is 30.3 Å². The maximum atomic E-state index is 12.8. The van der Waals surface area contributed by atoms with Gasteiger partial charge in [0.2, 0.25) is 0 Å². The summed E-state index contributed by atoms with van der Waals surface area (Å²) in [5.41, 5.74) is 4.65. The van der Waals surface area contributed by atoms with Crippen LogP contribution >= 0.6 is 12.4 Å². The van der Waals surface area contributed by atoms with E-state index < -0.39 is 0 Å². The van der Waals surface area contributed by atoms with Crippen LogP contribution in [0.15, 0.2) is 48.5 Å². The van der Waals surface area contributed by atoms with Crippen LogP contribution in [0.2, 0.25) is 0 Å². The predicted octanol–water partition coefficient (Wildman–Crippen LogP) is 3.00. The van der Waals surface area contributed by atoms with Crippen LogP contribution in [0.25, 0.3) is 0 Å². The molecule has 1 N–H and O–H groups in total. The van der Waals surface area contributed by atoms with E-state index in [1.807, 2.05) is 35.2 Å². The number of anilines is 1. The van der Waals surface area contributed by atoms with Gasteiger partial charge in [-0.1, -0.05) is 30.3 Å². The van der Waals surface area contributed by atoms with Crippen molar-refractivity contribution in [2.24, 2.45) is 0 Å². The Morgan fingerprint density at radius 3 is 2.73 bits per heavy atom. The van der Waals surface area contributed by atoms with Crippen molar-refractivity contribution < 1.29 is 4.79 Å². The highest BCUT2D eigenvalue weighted by Crippen LogP contribution is 2.40. The summed E-state index contributed by atoms with van der Waals surface area (Å²) in [4.78, 5) is 14.7. The Hall–Kier alpha value is -1.84. The third-order valence-electron chi connectivity index (χ3n) is 4.50. The van der Waals surface area contributed by atoms with E-state index in [0.29, 0.717) is 5.92 Å². The molecule has 22 heavy (non-hydrogen) atoms.